The van der Waals surface area contributed by atoms with Crippen LogP contribution in [0.4, 0.5) is 0 Å². The molecular weight excluding hydrogens is 366 g/mol. The third kappa shape index (κ3) is 7.14. The summed E-state index contributed by atoms with van der Waals surface area (Å²) < 4.78 is 5.56. The molecule has 0 aliphatic carbocycles. The number of ether oxygens (including phenoxy) is 1. The van der Waals surface area contributed by atoms with Crippen LogP contribution in [0.15, 0.2) is 4.99 Å². The predicted molar refractivity (Wildman–Crippen MR) is 119 cm³/mol. The summed E-state index contributed by atoms with van der Waals surface area (Å²) in [6.45, 7) is 17.5. The molecule has 7 heteroatoms. The normalized spacial score (nSPS) is 22.4. The predicted octanol–water partition coefficient (Wildman–Crippen LogP) is 1.94. The molecule has 2 aliphatic rings. The van der Waals surface area contributed by atoms with Gasteiger partial charge in [-0.25, -0.2) is 0 Å². The first-order valence-electron chi connectivity index (χ1n) is 11.6. The zero-order valence-electron chi connectivity index (χ0n) is 19.2. The van der Waals surface area contributed by atoms with Crippen molar-refractivity contribution in [2.24, 2.45) is 16.8 Å². The number of aliphatic imine (C=N–C) groups is 1. The number of guanidine groups is 1. The first-order valence-corrected chi connectivity index (χ1v) is 11.6. The Hall–Kier alpha value is -1.34. The van der Waals surface area contributed by atoms with Gasteiger partial charge in [0, 0.05) is 50.7 Å². The second-order valence-electron chi connectivity index (χ2n) is 8.58. The van der Waals surface area contributed by atoms with Crippen molar-refractivity contribution in [2.75, 3.05) is 52.5 Å². The van der Waals surface area contributed by atoms with Crippen LogP contribution in [0.3, 0.4) is 0 Å². The quantitative estimate of drug-likeness (QED) is 0.450. The Bertz CT molecular complexity index is 515. The van der Waals surface area contributed by atoms with Crippen LogP contribution in [0.5, 0.6) is 0 Å². The van der Waals surface area contributed by atoms with Gasteiger partial charge in [0.05, 0.1) is 19.8 Å². The number of amides is 1. The molecule has 2 rings (SSSR count). The van der Waals surface area contributed by atoms with E-state index >= 15 is 0 Å². The number of carbonyl (C=O) groups is 1. The van der Waals surface area contributed by atoms with Crippen molar-refractivity contribution >= 4 is 11.9 Å². The van der Waals surface area contributed by atoms with Gasteiger partial charge in [0.25, 0.3) is 0 Å². The molecule has 0 bridgehead atoms. The minimum absolute atomic E-state index is 0.0601. The van der Waals surface area contributed by atoms with Gasteiger partial charge in [-0.3, -0.25) is 14.7 Å². The molecule has 2 aliphatic heterocycles. The van der Waals surface area contributed by atoms with Crippen LogP contribution in [0.2, 0.25) is 0 Å². The number of hydrogen-bond donors (Lipinski definition) is 2. The van der Waals surface area contributed by atoms with E-state index in [1.807, 2.05) is 18.7 Å². The van der Waals surface area contributed by atoms with Gasteiger partial charge in [-0.05, 0) is 19.3 Å². The summed E-state index contributed by atoms with van der Waals surface area (Å²) in [5.41, 5.74) is 0. The number of nitrogens with one attached hydrogen (secondary N) is 2. The molecule has 0 spiro atoms. The van der Waals surface area contributed by atoms with E-state index in [4.69, 9.17) is 9.73 Å². The Morgan fingerprint density at radius 1 is 1.14 bits per heavy atom. The van der Waals surface area contributed by atoms with E-state index < -0.39 is 0 Å². The lowest BCUT2D eigenvalue weighted by molar-refractivity contribution is -0.133. The third-order valence-corrected chi connectivity index (χ3v) is 6.22. The van der Waals surface area contributed by atoms with Crippen molar-refractivity contribution in [1.29, 1.82) is 0 Å². The number of likely N-dealkylation sites (tertiary alicyclic amines) is 1. The second-order valence-corrected chi connectivity index (χ2v) is 8.58. The number of hydrogen-bond acceptors (Lipinski definition) is 4. The zero-order valence-corrected chi connectivity index (χ0v) is 19.2. The monoisotopic (exact) mass is 409 g/mol. The smallest absolute Gasteiger partial charge is 0.225 e. The Labute approximate surface area is 177 Å². The molecule has 7 nitrogen and oxygen atoms in total. The van der Waals surface area contributed by atoms with Crippen molar-refractivity contribution in [3.63, 3.8) is 0 Å². The van der Waals surface area contributed by atoms with Gasteiger partial charge < -0.3 is 20.3 Å². The van der Waals surface area contributed by atoms with Gasteiger partial charge in [-0.15, -0.1) is 0 Å². The summed E-state index contributed by atoms with van der Waals surface area (Å²) in [5, 5.41) is 6.98. The Balaban J connectivity index is 2.00. The number of morpholine rings is 1. The van der Waals surface area contributed by atoms with E-state index in [-0.39, 0.29) is 17.9 Å². The van der Waals surface area contributed by atoms with Crippen molar-refractivity contribution < 1.29 is 9.53 Å². The number of nitrogens with zero attached hydrogens (tertiary/aromatic N) is 3. The maximum absolute atomic E-state index is 12.3. The van der Waals surface area contributed by atoms with Gasteiger partial charge in [0.15, 0.2) is 5.96 Å². The van der Waals surface area contributed by atoms with Crippen molar-refractivity contribution in [2.45, 2.75) is 66.0 Å². The van der Waals surface area contributed by atoms with E-state index in [1.54, 1.807) is 0 Å². The molecule has 0 radical (unpaired) electrons. The van der Waals surface area contributed by atoms with Gasteiger partial charge in [-0.1, -0.05) is 40.5 Å². The van der Waals surface area contributed by atoms with Crippen molar-refractivity contribution in [3.8, 4) is 0 Å². The van der Waals surface area contributed by atoms with Gasteiger partial charge in [0.2, 0.25) is 5.91 Å². The number of carbonyl (C=O) groups excluding carboxylic acids is 1. The molecule has 168 valence electrons. The summed E-state index contributed by atoms with van der Waals surface area (Å²) in [5.74, 6) is 1.83. The SMILES string of the molecule is CCNC(=NCC(C(CC)CC)N1CCOCC1)NC1CCN(C(=O)C(C)C)C1. The van der Waals surface area contributed by atoms with E-state index in [0.29, 0.717) is 12.0 Å². The van der Waals surface area contributed by atoms with Crippen molar-refractivity contribution in [1.82, 2.24) is 20.4 Å². The summed E-state index contributed by atoms with van der Waals surface area (Å²) in [4.78, 5) is 21.8. The molecule has 0 aromatic carbocycles. The second kappa shape index (κ2) is 12.4. The van der Waals surface area contributed by atoms with Crippen LogP contribution in [-0.4, -0.2) is 86.2 Å². The lowest BCUT2D eigenvalue weighted by atomic mass is 9.92. The fourth-order valence-electron chi connectivity index (χ4n) is 4.45. The first kappa shape index (κ1) is 23.9. The Morgan fingerprint density at radius 3 is 2.41 bits per heavy atom. The Morgan fingerprint density at radius 2 is 1.83 bits per heavy atom. The topological polar surface area (TPSA) is 69.2 Å². The maximum Gasteiger partial charge on any atom is 0.225 e. The highest BCUT2D eigenvalue weighted by Crippen LogP contribution is 2.20. The third-order valence-electron chi connectivity index (χ3n) is 6.22. The zero-order chi connectivity index (χ0) is 21.2. The molecule has 29 heavy (non-hydrogen) atoms. The summed E-state index contributed by atoms with van der Waals surface area (Å²) in [6.07, 6.45) is 3.32. The van der Waals surface area contributed by atoms with Crippen LogP contribution in [0.25, 0.3) is 0 Å². The average molecular weight is 410 g/mol. The largest absolute Gasteiger partial charge is 0.379 e. The highest BCUT2D eigenvalue weighted by molar-refractivity contribution is 5.81. The summed E-state index contributed by atoms with van der Waals surface area (Å²) >= 11 is 0. The average Bonchev–Trinajstić information content (AvgIpc) is 3.19. The highest BCUT2D eigenvalue weighted by Gasteiger charge is 2.29. The fraction of sp³-hybridized carbons (Fsp3) is 0.909. The molecule has 1 amide bonds. The minimum atomic E-state index is 0.0601. The molecular formula is C22H43N5O2. The molecule has 2 atom stereocenters. The first-order chi connectivity index (χ1) is 14.0. The molecule has 2 heterocycles. The molecule has 0 aromatic heterocycles. The maximum atomic E-state index is 12.3. The molecule has 0 saturated carbocycles. The summed E-state index contributed by atoms with van der Waals surface area (Å²) in [6, 6.07) is 0.720. The fourth-order valence-corrected chi connectivity index (χ4v) is 4.45. The molecule has 2 fully saturated rings. The molecule has 0 aromatic rings. The van der Waals surface area contributed by atoms with E-state index in [9.17, 15) is 4.79 Å². The van der Waals surface area contributed by atoms with Crippen LogP contribution in [0.1, 0.15) is 53.9 Å². The van der Waals surface area contributed by atoms with E-state index in [1.165, 1.54) is 12.8 Å². The van der Waals surface area contributed by atoms with Crippen LogP contribution in [0, 0.1) is 11.8 Å². The van der Waals surface area contributed by atoms with Crippen LogP contribution in [-0.2, 0) is 9.53 Å². The van der Waals surface area contributed by atoms with Crippen molar-refractivity contribution in [3.05, 3.63) is 0 Å². The van der Waals surface area contributed by atoms with Crippen LogP contribution < -0.4 is 10.6 Å². The van der Waals surface area contributed by atoms with Crippen LogP contribution >= 0.6 is 0 Å². The van der Waals surface area contributed by atoms with Gasteiger partial charge in [-0.2, -0.15) is 0 Å². The van der Waals surface area contributed by atoms with E-state index in [0.717, 1.165) is 64.9 Å². The van der Waals surface area contributed by atoms with Gasteiger partial charge >= 0.3 is 0 Å². The number of rotatable bonds is 9. The lowest BCUT2D eigenvalue weighted by Crippen LogP contribution is -2.50. The minimum Gasteiger partial charge on any atom is -0.379 e. The molecule has 2 saturated heterocycles. The highest BCUT2D eigenvalue weighted by atomic mass is 16.5. The Kier molecular flexibility index (Phi) is 10.2. The van der Waals surface area contributed by atoms with Gasteiger partial charge in [0.1, 0.15) is 0 Å². The lowest BCUT2D eigenvalue weighted by Gasteiger charge is -2.38. The summed E-state index contributed by atoms with van der Waals surface area (Å²) in [7, 11) is 0. The standard InChI is InChI=1S/C22H43N5O2/c1-6-18(7-2)20(26-11-13-29-14-12-26)15-24-22(23-8-3)25-19-9-10-27(16-19)21(28)17(4)5/h17-20H,6-16H2,1-5H3,(H2,23,24,25). The van der Waals surface area contributed by atoms with E-state index in [2.05, 4.69) is 36.3 Å². The molecule has 2 N–H and O–H groups in total. The molecule has 2 unspecified atom stereocenters.